The zero-order valence-corrected chi connectivity index (χ0v) is 11.4. The minimum absolute atomic E-state index is 0.419. The fraction of sp³-hybridized carbons (Fsp3) is 0.250. The summed E-state index contributed by atoms with van der Waals surface area (Å²) >= 11 is 1.08. The molecule has 0 bridgehead atoms. The Bertz CT molecular complexity index is 347. The number of rotatable bonds is 6. The standard InChI is InChI=1S/C12H14O2.W/c1-2-3-7-14-10-12-6-4-5-11(8-12)9-13;/h2,4-6,8,13H,1,3,7,10H2;. The van der Waals surface area contributed by atoms with Crippen molar-refractivity contribution in [2.75, 3.05) is 6.61 Å². The molecule has 0 saturated carbocycles. The van der Waals surface area contributed by atoms with Gasteiger partial charge < -0.3 is 0 Å². The molecule has 80 valence electrons. The Morgan fingerprint density at radius 1 is 1.53 bits per heavy atom. The van der Waals surface area contributed by atoms with E-state index >= 15 is 0 Å². The van der Waals surface area contributed by atoms with Gasteiger partial charge in [-0.15, -0.1) is 0 Å². The number of aliphatic hydroxyl groups excluding tert-OH is 1. The normalized spacial score (nSPS) is 9.93. The molecule has 1 aromatic rings. The minimum atomic E-state index is 0.419. The molecule has 1 aromatic carbocycles. The van der Waals surface area contributed by atoms with Crippen molar-refractivity contribution < 1.29 is 29.2 Å². The van der Waals surface area contributed by atoms with Crippen LogP contribution in [0.2, 0.25) is 0 Å². The number of hydrogen-bond donors (Lipinski definition) is 1. The Kier molecular flexibility index (Phi) is 5.70. The van der Waals surface area contributed by atoms with Crippen LogP contribution in [0, 0.1) is 0 Å². The molecular formula is C12H14O2W. The Hall–Kier alpha value is -0.562. The molecule has 0 aliphatic carbocycles. The van der Waals surface area contributed by atoms with Crippen molar-refractivity contribution in [1.29, 1.82) is 0 Å². The monoisotopic (exact) mass is 374 g/mol. The van der Waals surface area contributed by atoms with Crippen LogP contribution in [0.25, 0.3) is 0 Å². The Morgan fingerprint density at radius 2 is 2.33 bits per heavy atom. The fourth-order valence-electron chi connectivity index (χ4n) is 1.15. The van der Waals surface area contributed by atoms with Crippen molar-refractivity contribution in [3.8, 4) is 0 Å². The number of aliphatic hydroxyl groups is 1. The quantitative estimate of drug-likeness (QED) is 0.611. The molecule has 0 spiro atoms. The third-order valence-corrected chi connectivity index (χ3v) is 2.76. The van der Waals surface area contributed by atoms with Gasteiger partial charge in [-0.25, -0.2) is 0 Å². The molecule has 3 heteroatoms. The van der Waals surface area contributed by atoms with E-state index in [4.69, 9.17) is 4.74 Å². The van der Waals surface area contributed by atoms with Crippen LogP contribution in [0.15, 0.2) is 36.9 Å². The number of ether oxygens (including phenoxy) is 1. The van der Waals surface area contributed by atoms with E-state index in [1.165, 1.54) is 0 Å². The molecule has 0 amide bonds. The molecule has 0 saturated heterocycles. The topological polar surface area (TPSA) is 29.5 Å². The van der Waals surface area contributed by atoms with Crippen molar-refractivity contribution >= 4 is 4.08 Å². The van der Waals surface area contributed by atoms with Crippen LogP contribution in [0.4, 0.5) is 0 Å². The summed E-state index contributed by atoms with van der Waals surface area (Å²) in [5.41, 5.74) is 1.97. The third-order valence-electron chi connectivity index (χ3n) is 1.91. The first kappa shape index (κ1) is 12.5. The summed E-state index contributed by atoms with van der Waals surface area (Å²) in [5.74, 6) is 0. The van der Waals surface area contributed by atoms with Crippen molar-refractivity contribution in [1.82, 2.24) is 0 Å². The molecule has 0 aromatic heterocycles. The molecule has 0 heterocycles. The molecule has 0 radical (unpaired) electrons. The Balaban J connectivity index is 2.50. The zero-order valence-electron chi connectivity index (χ0n) is 8.48. The summed E-state index contributed by atoms with van der Waals surface area (Å²) in [7, 11) is 0. The van der Waals surface area contributed by atoms with Gasteiger partial charge in [0.15, 0.2) is 0 Å². The van der Waals surface area contributed by atoms with Crippen molar-refractivity contribution in [2.24, 2.45) is 0 Å². The summed E-state index contributed by atoms with van der Waals surface area (Å²) in [6, 6.07) is 7.78. The summed E-state index contributed by atoms with van der Waals surface area (Å²) in [6.45, 7) is 4.91. The Morgan fingerprint density at radius 3 is 3.00 bits per heavy atom. The average Bonchev–Trinajstić information content (AvgIpc) is 2.25. The summed E-state index contributed by atoms with van der Waals surface area (Å²) in [5, 5.41) is 9.36. The van der Waals surface area contributed by atoms with Crippen LogP contribution >= 0.6 is 0 Å². The van der Waals surface area contributed by atoms with Gasteiger partial charge in [-0.3, -0.25) is 0 Å². The van der Waals surface area contributed by atoms with Gasteiger partial charge in [0.2, 0.25) is 0 Å². The van der Waals surface area contributed by atoms with E-state index in [-0.39, 0.29) is 0 Å². The molecule has 0 atom stereocenters. The second-order valence-electron chi connectivity index (χ2n) is 3.14. The molecular weight excluding hydrogens is 360 g/mol. The molecule has 1 rings (SSSR count). The summed E-state index contributed by atoms with van der Waals surface area (Å²) in [6.07, 6.45) is 2.71. The number of hydrogen-bond acceptors (Lipinski definition) is 2. The van der Waals surface area contributed by atoms with Gasteiger partial charge in [-0.1, -0.05) is 0 Å². The van der Waals surface area contributed by atoms with Crippen LogP contribution in [0.5, 0.6) is 0 Å². The molecule has 0 unspecified atom stereocenters. The van der Waals surface area contributed by atoms with E-state index < -0.39 is 0 Å². The van der Waals surface area contributed by atoms with E-state index in [0.717, 1.165) is 36.9 Å². The maximum atomic E-state index is 9.36. The van der Waals surface area contributed by atoms with E-state index in [1.807, 2.05) is 30.3 Å². The van der Waals surface area contributed by atoms with Gasteiger partial charge in [0.25, 0.3) is 0 Å². The first-order chi connectivity index (χ1) is 7.24. The van der Waals surface area contributed by atoms with E-state index in [2.05, 4.69) is 6.58 Å². The van der Waals surface area contributed by atoms with Crippen LogP contribution in [-0.2, 0) is 30.7 Å². The van der Waals surface area contributed by atoms with E-state index in [0.29, 0.717) is 17.3 Å². The van der Waals surface area contributed by atoms with E-state index in [9.17, 15) is 5.11 Å². The molecule has 1 N–H and O–H groups in total. The second-order valence-corrected chi connectivity index (χ2v) is 4.52. The van der Waals surface area contributed by atoms with Crippen LogP contribution in [0.3, 0.4) is 0 Å². The first-order valence-corrected chi connectivity index (χ1v) is 6.21. The maximum absolute atomic E-state index is 9.36. The van der Waals surface area contributed by atoms with Crippen molar-refractivity contribution in [3.63, 3.8) is 0 Å². The Labute approximate surface area is 101 Å². The van der Waals surface area contributed by atoms with Gasteiger partial charge in [0, 0.05) is 0 Å². The van der Waals surface area contributed by atoms with Crippen LogP contribution in [-0.4, -0.2) is 15.8 Å². The SMILES string of the molecule is C=CCCOCc1cccc([C](O)=[W])c1. The summed E-state index contributed by atoms with van der Waals surface area (Å²) < 4.78 is 5.86. The number of benzene rings is 1. The van der Waals surface area contributed by atoms with Crippen LogP contribution in [0.1, 0.15) is 17.5 Å². The first-order valence-electron chi connectivity index (χ1n) is 4.75. The average molecular weight is 374 g/mol. The molecule has 15 heavy (non-hydrogen) atoms. The predicted molar refractivity (Wildman–Crippen MR) is 57.0 cm³/mol. The van der Waals surface area contributed by atoms with Gasteiger partial charge in [0.1, 0.15) is 0 Å². The second kappa shape index (κ2) is 6.84. The molecule has 0 aliphatic heterocycles. The summed E-state index contributed by atoms with van der Waals surface area (Å²) in [4.78, 5) is 0. The van der Waals surface area contributed by atoms with Gasteiger partial charge >= 0.3 is 101 Å². The molecule has 0 fully saturated rings. The molecule has 0 aliphatic rings. The van der Waals surface area contributed by atoms with Gasteiger partial charge in [0.05, 0.1) is 0 Å². The molecule has 2 nitrogen and oxygen atoms in total. The van der Waals surface area contributed by atoms with Gasteiger partial charge in [-0.05, 0) is 0 Å². The predicted octanol–water partition coefficient (Wildman–Crippen LogP) is 2.18. The van der Waals surface area contributed by atoms with Gasteiger partial charge in [-0.2, -0.15) is 0 Å². The van der Waals surface area contributed by atoms with Crippen molar-refractivity contribution in [3.05, 3.63) is 48.0 Å². The zero-order chi connectivity index (χ0) is 11.1. The van der Waals surface area contributed by atoms with Crippen LogP contribution < -0.4 is 0 Å². The van der Waals surface area contributed by atoms with Crippen molar-refractivity contribution in [2.45, 2.75) is 13.0 Å². The third kappa shape index (κ3) is 4.65. The van der Waals surface area contributed by atoms with E-state index in [1.54, 1.807) is 0 Å². The fourth-order valence-corrected chi connectivity index (χ4v) is 1.61.